The summed E-state index contributed by atoms with van der Waals surface area (Å²) in [6.45, 7) is 1.96. The number of carbonyl (C=O) groups excluding carboxylic acids is 1. The van der Waals surface area contributed by atoms with Crippen LogP contribution in [0.5, 0.6) is 0 Å². The first-order valence-corrected chi connectivity index (χ1v) is 11.6. The second kappa shape index (κ2) is 9.68. The highest BCUT2D eigenvalue weighted by atomic mass is 79.9. The van der Waals surface area contributed by atoms with E-state index in [2.05, 4.69) is 31.4 Å². The van der Waals surface area contributed by atoms with Gasteiger partial charge in [-0.2, -0.15) is 0 Å². The summed E-state index contributed by atoms with van der Waals surface area (Å²) in [5, 5.41) is 13.0. The van der Waals surface area contributed by atoms with Gasteiger partial charge in [-0.15, -0.1) is 10.2 Å². The minimum Gasteiger partial charge on any atom is -0.325 e. The van der Waals surface area contributed by atoms with Crippen LogP contribution in [-0.4, -0.2) is 26.4 Å². The van der Waals surface area contributed by atoms with Crippen LogP contribution in [0.3, 0.4) is 0 Å². The van der Waals surface area contributed by atoms with Crippen molar-refractivity contribution in [3.8, 4) is 17.1 Å². The van der Waals surface area contributed by atoms with Crippen LogP contribution >= 0.6 is 39.3 Å². The van der Waals surface area contributed by atoms with Gasteiger partial charge in [-0.3, -0.25) is 9.36 Å². The third kappa shape index (κ3) is 5.18. The number of nitrogens with zero attached hydrogens (tertiary/aromatic N) is 3. The van der Waals surface area contributed by atoms with E-state index in [1.807, 2.05) is 84.3 Å². The van der Waals surface area contributed by atoms with Crippen LogP contribution in [0.4, 0.5) is 5.69 Å². The van der Waals surface area contributed by atoms with Gasteiger partial charge in [0, 0.05) is 26.4 Å². The van der Waals surface area contributed by atoms with Gasteiger partial charge in [0.2, 0.25) is 5.91 Å². The Morgan fingerprint density at radius 3 is 2.52 bits per heavy atom. The number of thioether (sulfide) groups is 1. The number of halogens is 2. The summed E-state index contributed by atoms with van der Waals surface area (Å²) in [6.07, 6.45) is 0. The van der Waals surface area contributed by atoms with Crippen LogP contribution in [-0.2, 0) is 4.79 Å². The Hall–Kier alpha value is -2.61. The molecule has 0 fully saturated rings. The quantitative estimate of drug-likeness (QED) is 0.304. The van der Waals surface area contributed by atoms with E-state index < -0.39 is 0 Å². The van der Waals surface area contributed by atoms with Crippen molar-refractivity contribution < 1.29 is 4.79 Å². The Morgan fingerprint density at radius 1 is 1.06 bits per heavy atom. The van der Waals surface area contributed by atoms with Gasteiger partial charge in [-0.25, -0.2) is 0 Å². The van der Waals surface area contributed by atoms with Crippen molar-refractivity contribution in [3.63, 3.8) is 0 Å². The fourth-order valence-corrected chi connectivity index (χ4v) is 4.40. The number of anilines is 1. The molecule has 4 rings (SSSR count). The Kier molecular flexibility index (Phi) is 6.75. The second-order valence-corrected chi connectivity index (χ2v) is 9.07. The summed E-state index contributed by atoms with van der Waals surface area (Å²) >= 11 is 10.8. The molecule has 5 nitrogen and oxygen atoms in total. The van der Waals surface area contributed by atoms with Crippen molar-refractivity contribution in [3.05, 3.63) is 87.9 Å². The van der Waals surface area contributed by atoms with Crippen LogP contribution < -0.4 is 5.32 Å². The average molecular weight is 514 g/mol. The van der Waals surface area contributed by atoms with Crippen molar-refractivity contribution in [2.45, 2.75) is 12.1 Å². The van der Waals surface area contributed by atoms with E-state index in [9.17, 15) is 4.79 Å². The fourth-order valence-electron chi connectivity index (χ4n) is 3.04. The number of benzene rings is 3. The zero-order valence-corrected chi connectivity index (χ0v) is 19.7. The number of amides is 1. The van der Waals surface area contributed by atoms with Crippen LogP contribution in [0.1, 0.15) is 5.56 Å². The first-order valence-electron chi connectivity index (χ1n) is 9.47. The maximum atomic E-state index is 12.6. The third-order valence-corrected chi connectivity index (χ3v) is 6.22. The van der Waals surface area contributed by atoms with Crippen molar-refractivity contribution in [2.24, 2.45) is 0 Å². The molecule has 0 saturated heterocycles. The lowest BCUT2D eigenvalue weighted by Gasteiger charge is -2.11. The molecule has 0 spiro atoms. The normalized spacial score (nSPS) is 10.8. The van der Waals surface area contributed by atoms with Crippen molar-refractivity contribution >= 4 is 50.9 Å². The van der Waals surface area contributed by atoms with Crippen LogP contribution in [0, 0.1) is 6.92 Å². The molecular weight excluding hydrogens is 496 g/mol. The molecule has 31 heavy (non-hydrogen) atoms. The number of nitrogens with one attached hydrogen (secondary N) is 1. The topological polar surface area (TPSA) is 59.8 Å². The van der Waals surface area contributed by atoms with Crippen molar-refractivity contribution in [1.82, 2.24) is 14.8 Å². The lowest BCUT2D eigenvalue weighted by atomic mass is 10.2. The summed E-state index contributed by atoms with van der Waals surface area (Å²) in [7, 11) is 0. The number of hydrogen-bond acceptors (Lipinski definition) is 4. The van der Waals surface area contributed by atoms with Gasteiger partial charge in [-0.1, -0.05) is 69.6 Å². The molecule has 1 heterocycles. The minimum atomic E-state index is -0.109. The first kappa shape index (κ1) is 21.6. The van der Waals surface area contributed by atoms with E-state index in [4.69, 9.17) is 11.6 Å². The third-order valence-electron chi connectivity index (χ3n) is 4.55. The standard InChI is InChI=1S/C23H18BrClN4OS/c1-15-13-17(24)7-12-20(15)26-21(30)14-31-23-28-27-22(16-5-3-2-4-6-16)29(23)19-10-8-18(25)9-11-19/h2-13H,14H2,1H3,(H,26,30). The highest BCUT2D eigenvalue weighted by molar-refractivity contribution is 9.10. The van der Waals surface area contributed by atoms with Crippen LogP contribution in [0.2, 0.25) is 5.02 Å². The summed E-state index contributed by atoms with van der Waals surface area (Å²) in [5.74, 6) is 0.799. The number of aryl methyl sites for hydroxylation is 1. The fraction of sp³-hybridized carbons (Fsp3) is 0.0870. The van der Waals surface area contributed by atoms with Gasteiger partial charge in [0.15, 0.2) is 11.0 Å². The Balaban J connectivity index is 1.58. The zero-order valence-electron chi connectivity index (χ0n) is 16.5. The molecule has 0 radical (unpaired) electrons. The van der Waals surface area contributed by atoms with Crippen LogP contribution in [0.15, 0.2) is 82.4 Å². The van der Waals surface area contributed by atoms with E-state index in [1.54, 1.807) is 0 Å². The molecule has 1 N–H and O–H groups in total. The number of rotatable bonds is 6. The van der Waals surface area contributed by atoms with Gasteiger partial charge < -0.3 is 5.32 Å². The molecule has 156 valence electrons. The number of hydrogen-bond donors (Lipinski definition) is 1. The predicted molar refractivity (Wildman–Crippen MR) is 130 cm³/mol. The van der Waals surface area contributed by atoms with Gasteiger partial charge in [0.05, 0.1) is 5.75 Å². The lowest BCUT2D eigenvalue weighted by molar-refractivity contribution is -0.113. The highest BCUT2D eigenvalue weighted by Gasteiger charge is 2.17. The van der Waals surface area contributed by atoms with Crippen molar-refractivity contribution in [1.29, 1.82) is 0 Å². The van der Waals surface area contributed by atoms with Gasteiger partial charge in [0.25, 0.3) is 0 Å². The monoisotopic (exact) mass is 512 g/mol. The van der Waals surface area contributed by atoms with Gasteiger partial charge in [0.1, 0.15) is 0 Å². The molecular formula is C23H18BrClN4OS. The molecule has 0 unspecified atom stereocenters. The van der Waals surface area contributed by atoms with E-state index in [-0.39, 0.29) is 11.7 Å². The second-order valence-electron chi connectivity index (χ2n) is 6.78. The molecule has 0 bridgehead atoms. The molecule has 8 heteroatoms. The molecule has 0 aliphatic rings. The molecule has 1 aromatic heterocycles. The molecule has 1 amide bonds. The lowest BCUT2D eigenvalue weighted by Crippen LogP contribution is -2.15. The number of carbonyl (C=O) groups is 1. The van der Waals surface area contributed by atoms with E-state index in [1.165, 1.54) is 11.8 Å². The maximum absolute atomic E-state index is 12.6. The molecule has 0 aliphatic carbocycles. The largest absolute Gasteiger partial charge is 0.325 e. The Labute approximate surface area is 198 Å². The smallest absolute Gasteiger partial charge is 0.234 e. The van der Waals surface area contributed by atoms with E-state index in [0.29, 0.717) is 16.0 Å². The summed E-state index contributed by atoms with van der Waals surface area (Å²) in [4.78, 5) is 12.6. The molecule has 0 aliphatic heterocycles. The van der Waals surface area contributed by atoms with Crippen molar-refractivity contribution in [2.75, 3.05) is 11.1 Å². The van der Waals surface area contributed by atoms with E-state index >= 15 is 0 Å². The predicted octanol–water partition coefficient (Wildman–Crippen LogP) is 6.39. The maximum Gasteiger partial charge on any atom is 0.234 e. The van der Waals surface area contributed by atoms with Gasteiger partial charge >= 0.3 is 0 Å². The molecule has 0 atom stereocenters. The SMILES string of the molecule is Cc1cc(Br)ccc1NC(=O)CSc1nnc(-c2ccccc2)n1-c1ccc(Cl)cc1. The summed E-state index contributed by atoms with van der Waals surface area (Å²) in [6, 6.07) is 23.0. The number of aromatic nitrogens is 3. The Bertz CT molecular complexity index is 1210. The summed E-state index contributed by atoms with van der Waals surface area (Å²) < 4.78 is 2.91. The molecule has 3 aromatic carbocycles. The van der Waals surface area contributed by atoms with Gasteiger partial charge in [-0.05, 0) is 55.0 Å². The van der Waals surface area contributed by atoms with Crippen LogP contribution in [0.25, 0.3) is 17.1 Å². The minimum absolute atomic E-state index is 0.109. The average Bonchev–Trinajstić information content (AvgIpc) is 3.19. The first-order chi connectivity index (χ1) is 15.0. The van der Waals surface area contributed by atoms with E-state index in [0.717, 1.165) is 27.0 Å². The summed E-state index contributed by atoms with van der Waals surface area (Å²) in [5.41, 5.74) is 3.59. The zero-order chi connectivity index (χ0) is 21.8. The Morgan fingerprint density at radius 2 is 1.81 bits per heavy atom. The molecule has 0 saturated carbocycles. The molecule has 4 aromatic rings. The highest BCUT2D eigenvalue weighted by Crippen LogP contribution is 2.29.